The van der Waals surface area contributed by atoms with Crippen molar-refractivity contribution in [1.29, 1.82) is 0 Å². The SMILES string of the molecule is COCCc1nc2sc3c(c2c(=O)n1CC(C)=O)C(C(=O)O)CC3. The number of hydrogen-bond donors (Lipinski definition) is 1. The molecule has 0 aromatic carbocycles. The quantitative estimate of drug-likeness (QED) is 0.844. The highest BCUT2D eigenvalue weighted by Gasteiger charge is 2.34. The van der Waals surface area contributed by atoms with Crippen LogP contribution in [0.1, 0.15) is 35.5 Å². The standard InChI is InChI=1S/C16H18N2O5S/c1-8(19)7-18-11(5-6-23-2)17-14-13(15(18)20)12-9(16(21)22)3-4-10(12)24-14/h9H,3-7H2,1-2H3,(H,21,22). The average molecular weight is 350 g/mol. The summed E-state index contributed by atoms with van der Waals surface area (Å²) < 4.78 is 6.41. The summed E-state index contributed by atoms with van der Waals surface area (Å²) in [5, 5.41) is 9.78. The summed E-state index contributed by atoms with van der Waals surface area (Å²) in [5.41, 5.74) is 0.266. The van der Waals surface area contributed by atoms with Gasteiger partial charge in [0.2, 0.25) is 0 Å². The Morgan fingerprint density at radius 1 is 1.46 bits per heavy atom. The first kappa shape index (κ1) is 16.8. The highest BCUT2D eigenvalue weighted by atomic mass is 32.1. The topological polar surface area (TPSA) is 98.5 Å². The van der Waals surface area contributed by atoms with Crippen LogP contribution in [0.4, 0.5) is 0 Å². The van der Waals surface area contributed by atoms with Crippen LogP contribution in [-0.2, 0) is 33.7 Å². The summed E-state index contributed by atoms with van der Waals surface area (Å²) >= 11 is 1.38. The number of carbonyl (C=O) groups excluding carboxylic acids is 1. The van der Waals surface area contributed by atoms with E-state index in [4.69, 9.17) is 4.74 Å². The number of carboxylic acids is 1. The molecule has 0 aliphatic heterocycles. The fraction of sp³-hybridized carbons (Fsp3) is 0.500. The van der Waals surface area contributed by atoms with Gasteiger partial charge in [-0.1, -0.05) is 0 Å². The largest absolute Gasteiger partial charge is 0.481 e. The van der Waals surface area contributed by atoms with Crippen LogP contribution < -0.4 is 5.56 Å². The molecule has 0 saturated heterocycles. The van der Waals surface area contributed by atoms with Crippen LogP contribution in [0.5, 0.6) is 0 Å². The second kappa shape index (κ2) is 6.45. The van der Waals surface area contributed by atoms with Crippen molar-refractivity contribution in [3.8, 4) is 0 Å². The molecule has 1 unspecified atom stereocenters. The predicted octanol–water partition coefficient (Wildman–Crippen LogP) is 1.35. The molecular formula is C16H18N2O5S. The first-order valence-corrected chi connectivity index (χ1v) is 8.51. The van der Waals surface area contributed by atoms with Crippen LogP contribution in [0.15, 0.2) is 4.79 Å². The van der Waals surface area contributed by atoms with Gasteiger partial charge in [-0.3, -0.25) is 19.0 Å². The van der Waals surface area contributed by atoms with Crippen molar-refractivity contribution in [2.24, 2.45) is 0 Å². The van der Waals surface area contributed by atoms with E-state index in [1.165, 1.54) is 22.8 Å². The van der Waals surface area contributed by atoms with Gasteiger partial charge in [0.05, 0.1) is 24.5 Å². The molecule has 2 aromatic heterocycles. The van der Waals surface area contributed by atoms with Gasteiger partial charge in [0.25, 0.3) is 5.56 Å². The third-order valence-corrected chi connectivity index (χ3v) is 5.38. The van der Waals surface area contributed by atoms with Gasteiger partial charge in [-0.2, -0.15) is 0 Å². The molecule has 0 spiro atoms. The zero-order valence-corrected chi connectivity index (χ0v) is 14.3. The van der Waals surface area contributed by atoms with Gasteiger partial charge in [0, 0.05) is 18.4 Å². The van der Waals surface area contributed by atoms with Gasteiger partial charge < -0.3 is 9.84 Å². The second-order valence-electron chi connectivity index (χ2n) is 5.91. The minimum atomic E-state index is -0.922. The Morgan fingerprint density at radius 2 is 2.21 bits per heavy atom. The third-order valence-electron chi connectivity index (χ3n) is 4.22. The number of aryl methyl sites for hydroxylation is 1. The van der Waals surface area contributed by atoms with Crippen LogP contribution in [0, 0.1) is 0 Å². The van der Waals surface area contributed by atoms with Gasteiger partial charge in [-0.05, 0) is 25.3 Å². The molecule has 2 heterocycles. The van der Waals surface area contributed by atoms with Gasteiger partial charge in [-0.25, -0.2) is 4.98 Å². The molecule has 1 aliphatic rings. The molecule has 3 rings (SSSR count). The Bertz CT molecular complexity index is 883. The van der Waals surface area contributed by atoms with Crippen molar-refractivity contribution in [3.05, 3.63) is 26.6 Å². The minimum absolute atomic E-state index is 0.0663. The van der Waals surface area contributed by atoms with Crippen molar-refractivity contribution in [2.45, 2.75) is 38.6 Å². The van der Waals surface area contributed by atoms with E-state index in [2.05, 4.69) is 4.98 Å². The van der Waals surface area contributed by atoms with E-state index in [-0.39, 0.29) is 17.9 Å². The molecule has 0 amide bonds. The van der Waals surface area contributed by atoms with E-state index >= 15 is 0 Å². The number of rotatable bonds is 6. The molecule has 24 heavy (non-hydrogen) atoms. The summed E-state index contributed by atoms with van der Waals surface area (Å²) in [6, 6.07) is 0. The van der Waals surface area contributed by atoms with E-state index < -0.39 is 11.9 Å². The van der Waals surface area contributed by atoms with Gasteiger partial charge >= 0.3 is 5.97 Å². The van der Waals surface area contributed by atoms with E-state index in [0.29, 0.717) is 47.5 Å². The first-order chi connectivity index (χ1) is 11.4. The molecule has 0 radical (unpaired) electrons. The Balaban J connectivity index is 2.24. The van der Waals surface area contributed by atoms with Crippen molar-refractivity contribution in [2.75, 3.05) is 13.7 Å². The highest BCUT2D eigenvalue weighted by Crippen LogP contribution is 2.42. The maximum atomic E-state index is 13.0. The number of nitrogens with zero attached hydrogens (tertiary/aromatic N) is 2. The summed E-state index contributed by atoms with van der Waals surface area (Å²) in [6.45, 7) is 1.73. The van der Waals surface area contributed by atoms with E-state index in [0.717, 1.165) is 4.88 Å². The lowest BCUT2D eigenvalue weighted by molar-refractivity contribution is -0.138. The molecule has 0 bridgehead atoms. The number of aliphatic carboxylic acids is 1. The molecule has 0 saturated carbocycles. The molecule has 8 heteroatoms. The number of hydrogen-bond acceptors (Lipinski definition) is 6. The van der Waals surface area contributed by atoms with Crippen molar-refractivity contribution in [3.63, 3.8) is 0 Å². The number of ether oxygens (including phenoxy) is 1. The summed E-state index contributed by atoms with van der Waals surface area (Å²) in [5.74, 6) is -1.25. The number of Topliss-reactive ketones (excluding diaryl/α,β-unsaturated/α-hetero) is 1. The molecule has 1 aliphatic carbocycles. The summed E-state index contributed by atoms with van der Waals surface area (Å²) in [7, 11) is 1.56. The van der Waals surface area contributed by atoms with Crippen LogP contribution in [-0.4, -0.2) is 40.1 Å². The lowest BCUT2D eigenvalue weighted by Crippen LogP contribution is -2.29. The summed E-state index contributed by atoms with van der Waals surface area (Å²) in [4.78, 5) is 42.0. The third kappa shape index (κ3) is 2.76. The Labute approximate surface area is 141 Å². The zero-order chi connectivity index (χ0) is 17.4. The Hall–Kier alpha value is -2.06. The zero-order valence-electron chi connectivity index (χ0n) is 13.5. The number of carboxylic acid groups (broad SMARTS) is 1. The lowest BCUT2D eigenvalue weighted by Gasteiger charge is -2.12. The van der Waals surface area contributed by atoms with E-state index in [1.54, 1.807) is 7.11 Å². The van der Waals surface area contributed by atoms with Crippen LogP contribution in [0.2, 0.25) is 0 Å². The number of carbonyl (C=O) groups is 2. The van der Waals surface area contributed by atoms with Crippen molar-refractivity contribution < 1.29 is 19.4 Å². The number of methoxy groups -OCH3 is 1. The predicted molar refractivity (Wildman–Crippen MR) is 88.8 cm³/mol. The lowest BCUT2D eigenvalue weighted by atomic mass is 10.0. The first-order valence-electron chi connectivity index (χ1n) is 7.70. The monoisotopic (exact) mass is 350 g/mol. The maximum Gasteiger partial charge on any atom is 0.311 e. The minimum Gasteiger partial charge on any atom is -0.481 e. The number of thiophene rings is 1. The van der Waals surface area contributed by atoms with E-state index in [9.17, 15) is 19.5 Å². The fourth-order valence-corrected chi connectivity index (χ4v) is 4.44. The number of ketones is 1. The smallest absolute Gasteiger partial charge is 0.311 e. The van der Waals surface area contributed by atoms with E-state index in [1.807, 2.05) is 0 Å². The molecule has 1 N–H and O–H groups in total. The number of fused-ring (bicyclic) bond motifs is 3. The highest BCUT2D eigenvalue weighted by molar-refractivity contribution is 7.18. The molecular weight excluding hydrogens is 332 g/mol. The van der Waals surface area contributed by atoms with Crippen LogP contribution in [0.3, 0.4) is 0 Å². The normalized spacial score (nSPS) is 16.5. The second-order valence-corrected chi connectivity index (χ2v) is 7.00. The number of aromatic nitrogens is 2. The van der Waals surface area contributed by atoms with Crippen LogP contribution in [0.25, 0.3) is 10.2 Å². The molecule has 2 aromatic rings. The maximum absolute atomic E-state index is 13.0. The molecule has 1 atom stereocenters. The summed E-state index contributed by atoms with van der Waals surface area (Å²) in [6.07, 6.45) is 1.57. The Morgan fingerprint density at radius 3 is 2.83 bits per heavy atom. The van der Waals surface area contributed by atoms with Gasteiger partial charge in [0.15, 0.2) is 0 Å². The van der Waals surface area contributed by atoms with Gasteiger partial charge in [0.1, 0.15) is 16.4 Å². The average Bonchev–Trinajstić information content (AvgIpc) is 3.06. The van der Waals surface area contributed by atoms with Gasteiger partial charge in [-0.15, -0.1) is 11.3 Å². The van der Waals surface area contributed by atoms with Crippen molar-refractivity contribution in [1.82, 2.24) is 9.55 Å². The van der Waals surface area contributed by atoms with Crippen molar-refractivity contribution >= 4 is 33.3 Å². The fourth-order valence-electron chi connectivity index (χ4n) is 3.18. The molecule has 0 fully saturated rings. The molecule has 7 nitrogen and oxygen atoms in total. The molecule has 128 valence electrons. The Kier molecular flexibility index (Phi) is 4.51. The van der Waals surface area contributed by atoms with Crippen LogP contribution >= 0.6 is 11.3 Å².